The molecule has 7 heteroatoms. The summed E-state index contributed by atoms with van der Waals surface area (Å²) in [6, 6.07) is 9.99. The molecule has 0 fully saturated rings. The van der Waals surface area contributed by atoms with Crippen LogP contribution in [0.5, 0.6) is 11.5 Å². The number of halogens is 1. The number of hydrogen-bond acceptors (Lipinski definition) is 5. The van der Waals surface area contributed by atoms with Crippen molar-refractivity contribution in [2.45, 2.75) is 6.54 Å². The zero-order valence-corrected chi connectivity index (χ0v) is 14.5. The lowest BCUT2D eigenvalue weighted by atomic mass is 10.1. The number of benzene rings is 2. The second-order valence-corrected chi connectivity index (χ2v) is 5.84. The first kappa shape index (κ1) is 17.1. The minimum atomic E-state index is -0.432. The molecular formula is C18H16ClNO5. The molecule has 25 heavy (non-hydrogen) atoms. The number of methoxy groups -OCH3 is 2. The van der Waals surface area contributed by atoms with Gasteiger partial charge in [0.05, 0.1) is 26.3 Å². The monoisotopic (exact) mass is 361 g/mol. The fraction of sp³-hybridized carbons (Fsp3) is 0.222. The van der Waals surface area contributed by atoms with Gasteiger partial charge >= 0.3 is 5.97 Å². The van der Waals surface area contributed by atoms with Crippen molar-refractivity contribution in [3.05, 3.63) is 52.5 Å². The average Bonchev–Trinajstić information content (AvgIpc) is 2.79. The topological polar surface area (TPSA) is 65.1 Å². The van der Waals surface area contributed by atoms with Gasteiger partial charge in [0.1, 0.15) is 0 Å². The summed E-state index contributed by atoms with van der Waals surface area (Å²) in [6.45, 7) is 0.159. The van der Waals surface area contributed by atoms with Crippen LogP contribution in [0.15, 0.2) is 36.4 Å². The molecule has 6 nitrogen and oxygen atoms in total. The Balaban J connectivity index is 1.95. The van der Waals surface area contributed by atoms with Gasteiger partial charge in [-0.2, -0.15) is 0 Å². The van der Waals surface area contributed by atoms with Gasteiger partial charge in [-0.1, -0.05) is 11.6 Å². The summed E-state index contributed by atoms with van der Waals surface area (Å²) in [5.74, 6) is 0.353. The lowest BCUT2D eigenvalue weighted by Gasteiger charge is -2.20. The first-order chi connectivity index (χ1) is 12.0. The van der Waals surface area contributed by atoms with Crippen molar-refractivity contribution in [1.82, 2.24) is 0 Å². The van der Waals surface area contributed by atoms with Crippen LogP contribution in [0.2, 0.25) is 5.02 Å². The molecule has 2 aromatic rings. The highest BCUT2D eigenvalue weighted by Gasteiger charge is 2.26. The number of hydrogen-bond donors (Lipinski definition) is 0. The predicted octanol–water partition coefficient (Wildman–Crippen LogP) is 3.06. The number of rotatable bonds is 3. The van der Waals surface area contributed by atoms with E-state index in [4.69, 9.17) is 21.1 Å². The lowest BCUT2D eigenvalue weighted by Crippen LogP contribution is -2.32. The summed E-state index contributed by atoms with van der Waals surface area (Å²) < 4.78 is 15.6. The van der Waals surface area contributed by atoms with Crippen molar-refractivity contribution in [1.29, 1.82) is 0 Å². The van der Waals surface area contributed by atoms with Gasteiger partial charge in [0.2, 0.25) is 0 Å². The van der Waals surface area contributed by atoms with Gasteiger partial charge in [-0.3, -0.25) is 4.79 Å². The normalized spacial score (nSPS) is 13.6. The van der Waals surface area contributed by atoms with Crippen molar-refractivity contribution in [2.75, 3.05) is 25.7 Å². The quantitative estimate of drug-likeness (QED) is 0.786. The van der Waals surface area contributed by atoms with E-state index in [1.165, 1.54) is 14.2 Å². The largest absolute Gasteiger partial charge is 0.493 e. The van der Waals surface area contributed by atoms with Gasteiger partial charge in [0.25, 0.3) is 5.91 Å². The molecule has 0 saturated heterocycles. The van der Waals surface area contributed by atoms with Crippen LogP contribution in [0.1, 0.15) is 15.9 Å². The molecule has 130 valence electrons. The number of carbonyl (C=O) groups is 2. The zero-order valence-electron chi connectivity index (χ0n) is 13.7. The van der Waals surface area contributed by atoms with Crippen molar-refractivity contribution < 1.29 is 23.8 Å². The van der Waals surface area contributed by atoms with Crippen LogP contribution in [0.4, 0.5) is 5.69 Å². The van der Waals surface area contributed by atoms with E-state index in [2.05, 4.69) is 4.74 Å². The van der Waals surface area contributed by atoms with Gasteiger partial charge in [-0.05, 0) is 30.3 Å². The average molecular weight is 362 g/mol. The number of anilines is 1. The van der Waals surface area contributed by atoms with Crippen molar-refractivity contribution >= 4 is 29.2 Å². The molecule has 0 aromatic heterocycles. The maximum atomic E-state index is 12.5. The van der Waals surface area contributed by atoms with Crippen LogP contribution in [-0.2, 0) is 16.1 Å². The summed E-state index contributed by atoms with van der Waals surface area (Å²) in [5, 5.41) is 0.495. The van der Waals surface area contributed by atoms with E-state index in [1.807, 2.05) is 0 Å². The van der Waals surface area contributed by atoms with Crippen LogP contribution >= 0.6 is 11.6 Å². The third-order valence-electron chi connectivity index (χ3n) is 3.89. The number of fused-ring (bicyclic) bond motifs is 1. The molecule has 1 heterocycles. The Morgan fingerprint density at radius 3 is 2.56 bits per heavy atom. The standard InChI is InChI=1S/C18H16ClNO5/c1-23-15-8-13(19)7-12-9-20(16(21)10-25-17(12)15)14-5-3-11(4-6-14)18(22)24-2/h3-8H,9-10H2,1-2H3. The van der Waals surface area contributed by atoms with Gasteiger partial charge < -0.3 is 19.1 Å². The smallest absolute Gasteiger partial charge is 0.337 e. The third kappa shape index (κ3) is 3.39. The van der Waals surface area contributed by atoms with E-state index >= 15 is 0 Å². The number of nitrogens with zero attached hydrogens (tertiary/aromatic N) is 1. The highest BCUT2D eigenvalue weighted by atomic mass is 35.5. The van der Waals surface area contributed by atoms with Crippen LogP contribution in [0, 0.1) is 0 Å². The minimum absolute atomic E-state index is 0.121. The maximum absolute atomic E-state index is 12.5. The molecule has 1 amide bonds. The van der Waals surface area contributed by atoms with E-state index in [1.54, 1.807) is 41.3 Å². The molecule has 1 aliphatic heterocycles. The Labute approximate surface area is 149 Å². The molecule has 0 aliphatic carbocycles. The first-order valence-electron chi connectivity index (χ1n) is 7.51. The summed E-state index contributed by atoms with van der Waals surface area (Å²) in [4.78, 5) is 25.6. The Kier molecular flexibility index (Phi) is 4.81. The Hall–Kier alpha value is -2.73. The molecule has 3 rings (SSSR count). The molecule has 2 aromatic carbocycles. The van der Waals surface area contributed by atoms with Crippen molar-refractivity contribution in [2.24, 2.45) is 0 Å². The number of amides is 1. The highest BCUT2D eigenvalue weighted by molar-refractivity contribution is 6.30. The Bertz CT molecular complexity index is 819. The van der Waals surface area contributed by atoms with Crippen molar-refractivity contribution in [3.8, 4) is 11.5 Å². The third-order valence-corrected chi connectivity index (χ3v) is 4.10. The summed E-state index contributed by atoms with van der Waals surface area (Å²) >= 11 is 6.13. The van der Waals surface area contributed by atoms with Crippen LogP contribution in [-0.4, -0.2) is 32.7 Å². The van der Waals surface area contributed by atoms with Crippen LogP contribution in [0.3, 0.4) is 0 Å². The second-order valence-electron chi connectivity index (χ2n) is 5.40. The molecular weight excluding hydrogens is 346 g/mol. The predicted molar refractivity (Wildman–Crippen MR) is 92.5 cm³/mol. The summed E-state index contributed by atoms with van der Waals surface area (Å²) in [5.41, 5.74) is 1.80. The van der Waals surface area contributed by atoms with E-state index in [9.17, 15) is 9.59 Å². The van der Waals surface area contributed by atoms with Gasteiger partial charge in [-0.15, -0.1) is 0 Å². The fourth-order valence-electron chi connectivity index (χ4n) is 2.66. The van der Waals surface area contributed by atoms with E-state index in [-0.39, 0.29) is 19.1 Å². The highest BCUT2D eigenvalue weighted by Crippen LogP contribution is 2.37. The van der Waals surface area contributed by atoms with Gasteiger partial charge in [0, 0.05) is 22.3 Å². The molecule has 0 spiro atoms. The van der Waals surface area contributed by atoms with E-state index in [0.29, 0.717) is 27.8 Å². The van der Waals surface area contributed by atoms with E-state index < -0.39 is 5.97 Å². The summed E-state index contributed by atoms with van der Waals surface area (Å²) in [7, 11) is 2.84. The lowest BCUT2D eigenvalue weighted by molar-refractivity contribution is -0.120. The molecule has 0 radical (unpaired) electrons. The fourth-order valence-corrected chi connectivity index (χ4v) is 2.89. The SMILES string of the molecule is COC(=O)c1ccc(N2Cc3cc(Cl)cc(OC)c3OCC2=O)cc1. The second kappa shape index (κ2) is 7.03. The van der Waals surface area contributed by atoms with Gasteiger partial charge in [-0.25, -0.2) is 4.79 Å². The molecule has 0 atom stereocenters. The molecule has 0 N–H and O–H groups in total. The zero-order chi connectivity index (χ0) is 18.0. The minimum Gasteiger partial charge on any atom is -0.493 e. The number of carbonyl (C=O) groups excluding carboxylic acids is 2. The molecule has 0 unspecified atom stereocenters. The van der Waals surface area contributed by atoms with Crippen molar-refractivity contribution in [3.63, 3.8) is 0 Å². The molecule has 1 aliphatic rings. The number of esters is 1. The maximum Gasteiger partial charge on any atom is 0.337 e. The first-order valence-corrected chi connectivity index (χ1v) is 7.89. The number of ether oxygens (including phenoxy) is 3. The van der Waals surface area contributed by atoms with Crippen LogP contribution < -0.4 is 14.4 Å². The Morgan fingerprint density at radius 1 is 1.20 bits per heavy atom. The van der Waals surface area contributed by atoms with Gasteiger partial charge in [0.15, 0.2) is 18.1 Å². The molecule has 0 bridgehead atoms. The summed E-state index contributed by atoms with van der Waals surface area (Å²) in [6.07, 6.45) is 0. The van der Waals surface area contributed by atoms with Crippen LogP contribution in [0.25, 0.3) is 0 Å². The Morgan fingerprint density at radius 2 is 1.92 bits per heavy atom. The molecule has 0 saturated carbocycles. The van der Waals surface area contributed by atoms with E-state index in [0.717, 1.165) is 5.56 Å².